The van der Waals surface area contributed by atoms with Gasteiger partial charge in [0.25, 0.3) is 0 Å². The van der Waals surface area contributed by atoms with E-state index in [0.29, 0.717) is 11.3 Å². The van der Waals surface area contributed by atoms with E-state index in [9.17, 15) is 4.79 Å². The quantitative estimate of drug-likeness (QED) is 0.490. The Morgan fingerprint density at radius 2 is 1.81 bits per heavy atom. The molecule has 2 rings (SSSR count). The second-order valence-corrected chi connectivity index (χ2v) is 4.80. The average Bonchev–Trinajstić information content (AvgIpc) is 2.52. The molecule has 0 heterocycles. The topological polar surface area (TPSA) is 41.9 Å². The van der Waals surface area contributed by atoms with E-state index >= 15 is 0 Å². The number of esters is 1. The van der Waals surface area contributed by atoms with Crippen molar-refractivity contribution in [3.05, 3.63) is 54.1 Å². The van der Waals surface area contributed by atoms with Crippen LogP contribution in [0.5, 0.6) is 0 Å². The first-order valence-corrected chi connectivity index (χ1v) is 6.60. The van der Waals surface area contributed by atoms with E-state index in [1.807, 2.05) is 67.5 Å². The highest BCUT2D eigenvalue weighted by Crippen LogP contribution is 2.27. The molecule has 0 atom stereocenters. The van der Waals surface area contributed by atoms with Gasteiger partial charge in [-0.05, 0) is 23.3 Å². The smallest absolute Gasteiger partial charge is 0.340 e. The molecular formula is C17H18N2O2. The van der Waals surface area contributed by atoms with E-state index in [1.165, 1.54) is 7.11 Å². The molecule has 0 aliphatic rings. The normalized spacial score (nSPS) is 10.6. The maximum atomic E-state index is 12.0. The molecule has 0 aliphatic heterocycles. The monoisotopic (exact) mass is 282 g/mol. The SMILES string of the molecule is COC(=O)c1cc(-c2ccccc2)ccc1N=CN(C)C. The van der Waals surface area contributed by atoms with Crippen LogP contribution in [0.3, 0.4) is 0 Å². The fraction of sp³-hybridized carbons (Fsp3) is 0.176. The Morgan fingerprint density at radius 1 is 1.10 bits per heavy atom. The average molecular weight is 282 g/mol. The summed E-state index contributed by atoms with van der Waals surface area (Å²) in [6, 6.07) is 15.5. The predicted octanol–water partition coefficient (Wildman–Crippen LogP) is 3.36. The van der Waals surface area contributed by atoms with Crippen LogP contribution >= 0.6 is 0 Å². The number of ether oxygens (including phenoxy) is 1. The van der Waals surface area contributed by atoms with E-state index in [4.69, 9.17) is 4.74 Å². The number of carbonyl (C=O) groups excluding carboxylic acids is 1. The first-order valence-electron chi connectivity index (χ1n) is 6.60. The molecule has 0 amide bonds. The van der Waals surface area contributed by atoms with Crippen LogP contribution in [0.4, 0.5) is 5.69 Å². The van der Waals surface area contributed by atoms with Crippen molar-refractivity contribution in [2.24, 2.45) is 4.99 Å². The Morgan fingerprint density at radius 3 is 2.43 bits per heavy atom. The molecule has 0 saturated heterocycles. The van der Waals surface area contributed by atoms with Crippen molar-refractivity contribution in [3.8, 4) is 11.1 Å². The molecule has 0 unspecified atom stereocenters. The summed E-state index contributed by atoms with van der Waals surface area (Å²) >= 11 is 0. The first kappa shape index (κ1) is 14.8. The van der Waals surface area contributed by atoms with Crippen LogP contribution in [0, 0.1) is 0 Å². The Kier molecular flexibility index (Phi) is 4.72. The molecule has 0 fully saturated rings. The van der Waals surface area contributed by atoms with Gasteiger partial charge in [-0.15, -0.1) is 0 Å². The maximum Gasteiger partial charge on any atom is 0.340 e. The van der Waals surface area contributed by atoms with Crippen LogP contribution in [0.2, 0.25) is 0 Å². The molecule has 21 heavy (non-hydrogen) atoms. The van der Waals surface area contributed by atoms with Crippen molar-refractivity contribution in [1.82, 2.24) is 4.90 Å². The summed E-state index contributed by atoms with van der Waals surface area (Å²) in [5.41, 5.74) is 3.05. The van der Waals surface area contributed by atoms with Crippen molar-refractivity contribution in [3.63, 3.8) is 0 Å². The Bertz CT molecular complexity index is 649. The molecule has 0 N–H and O–H groups in total. The molecule has 108 valence electrons. The van der Waals surface area contributed by atoms with Crippen LogP contribution in [0.15, 0.2) is 53.5 Å². The number of carbonyl (C=O) groups is 1. The summed E-state index contributed by atoms with van der Waals surface area (Å²) in [6.07, 6.45) is 1.66. The van der Waals surface area contributed by atoms with Gasteiger partial charge in [0, 0.05) is 14.1 Å². The van der Waals surface area contributed by atoms with Crippen molar-refractivity contribution in [2.45, 2.75) is 0 Å². The lowest BCUT2D eigenvalue weighted by molar-refractivity contribution is 0.0602. The fourth-order valence-electron chi connectivity index (χ4n) is 1.91. The highest BCUT2D eigenvalue weighted by Gasteiger charge is 2.13. The largest absolute Gasteiger partial charge is 0.465 e. The van der Waals surface area contributed by atoms with E-state index in [2.05, 4.69) is 4.99 Å². The summed E-state index contributed by atoms with van der Waals surface area (Å²) in [5.74, 6) is -0.390. The van der Waals surface area contributed by atoms with Crippen LogP contribution in [-0.4, -0.2) is 38.4 Å². The van der Waals surface area contributed by atoms with Gasteiger partial charge in [0.2, 0.25) is 0 Å². The zero-order valence-electron chi connectivity index (χ0n) is 12.4. The van der Waals surface area contributed by atoms with E-state index in [0.717, 1.165) is 11.1 Å². The van der Waals surface area contributed by atoms with Gasteiger partial charge in [-0.3, -0.25) is 0 Å². The summed E-state index contributed by atoms with van der Waals surface area (Å²) in [6.45, 7) is 0. The minimum absolute atomic E-state index is 0.390. The number of aliphatic imine (C=N–C) groups is 1. The summed E-state index contributed by atoms with van der Waals surface area (Å²) in [4.78, 5) is 18.1. The highest BCUT2D eigenvalue weighted by molar-refractivity contribution is 5.97. The second-order valence-electron chi connectivity index (χ2n) is 4.80. The Labute approximate surface area is 124 Å². The lowest BCUT2D eigenvalue weighted by atomic mass is 10.0. The van der Waals surface area contributed by atoms with Crippen LogP contribution < -0.4 is 0 Å². The molecule has 2 aromatic rings. The van der Waals surface area contributed by atoms with E-state index in [-0.39, 0.29) is 0 Å². The molecule has 4 heteroatoms. The minimum Gasteiger partial charge on any atom is -0.465 e. The molecule has 0 spiro atoms. The zero-order chi connectivity index (χ0) is 15.2. The Hall–Kier alpha value is -2.62. The first-order chi connectivity index (χ1) is 10.1. The van der Waals surface area contributed by atoms with Crippen molar-refractivity contribution < 1.29 is 9.53 Å². The number of hydrogen-bond donors (Lipinski definition) is 0. The van der Waals surface area contributed by atoms with Crippen LogP contribution in [0.25, 0.3) is 11.1 Å². The molecule has 0 aliphatic carbocycles. The number of benzene rings is 2. The van der Waals surface area contributed by atoms with Crippen molar-refractivity contribution in [1.29, 1.82) is 0 Å². The molecule has 0 radical (unpaired) electrons. The minimum atomic E-state index is -0.390. The zero-order valence-corrected chi connectivity index (χ0v) is 12.4. The highest BCUT2D eigenvalue weighted by atomic mass is 16.5. The summed E-state index contributed by atoms with van der Waals surface area (Å²) < 4.78 is 4.85. The second kappa shape index (κ2) is 6.70. The number of rotatable bonds is 4. The van der Waals surface area contributed by atoms with Gasteiger partial charge in [0.05, 0.1) is 24.7 Å². The molecule has 0 saturated carbocycles. The summed E-state index contributed by atoms with van der Waals surface area (Å²) in [7, 11) is 5.12. The van der Waals surface area contributed by atoms with Gasteiger partial charge in [-0.25, -0.2) is 9.79 Å². The van der Waals surface area contributed by atoms with Crippen molar-refractivity contribution in [2.75, 3.05) is 21.2 Å². The third kappa shape index (κ3) is 3.69. The molecule has 4 nitrogen and oxygen atoms in total. The standard InChI is InChI=1S/C17H18N2O2/c1-19(2)12-18-16-10-9-14(11-15(16)17(20)21-3)13-7-5-4-6-8-13/h4-12H,1-3H3. The molecule has 0 bridgehead atoms. The lowest BCUT2D eigenvalue weighted by Crippen LogP contribution is -2.08. The number of methoxy groups -OCH3 is 1. The van der Waals surface area contributed by atoms with Gasteiger partial charge >= 0.3 is 5.97 Å². The number of nitrogens with zero attached hydrogens (tertiary/aromatic N) is 2. The van der Waals surface area contributed by atoms with Gasteiger partial charge in [0.1, 0.15) is 0 Å². The lowest BCUT2D eigenvalue weighted by Gasteiger charge is -2.09. The third-order valence-corrected chi connectivity index (χ3v) is 2.94. The Balaban J connectivity index is 2.47. The van der Waals surface area contributed by atoms with Gasteiger partial charge in [-0.1, -0.05) is 36.4 Å². The van der Waals surface area contributed by atoms with E-state index < -0.39 is 5.97 Å². The van der Waals surface area contributed by atoms with Gasteiger partial charge in [-0.2, -0.15) is 0 Å². The maximum absolute atomic E-state index is 12.0. The number of hydrogen-bond acceptors (Lipinski definition) is 3. The van der Waals surface area contributed by atoms with Gasteiger partial charge in [0.15, 0.2) is 0 Å². The van der Waals surface area contributed by atoms with E-state index in [1.54, 1.807) is 6.34 Å². The molecule has 2 aromatic carbocycles. The molecule has 0 aromatic heterocycles. The third-order valence-electron chi connectivity index (χ3n) is 2.94. The molecular weight excluding hydrogens is 264 g/mol. The van der Waals surface area contributed by atoms with Gasteiger partial charge < -0.3 is 9.64 Å². The predicted molar refractivity (Wildman–Crippen MR) is 85.1 cm³/mol. The fourth-order valence-corrected chi connectivity index (χ4v) is 1.91. The van der Waals surface area contributed by atoms with Crippen LogP contribution in [-0.2, 0) is 4.74 Å². The summed E-state index contributed by atoms with van der Waals surface area (Å²) in [5, 5.41) is 0. The van der Waals surface area contributed by atoms with Crippen molar-refractivity contribution >= 4 is 18.0 Å². The van der Waals surface area contributed by atoms with Crippen LogP contribution in [0.1, 0.15) is 10.4 Å².